The zero-order valence-corrected chi connectivity index (χ0v) is 11.3. The third-order valence-corrected chi connectivity index (χ3v) is 3.48. The predicted octanol–water partition coefficient (Wildman–Crippen LogP) is 2.16. The van der Waals surface area contributed by atoms with Gasteiger partial charge in [-0.05, 0) is 32.0 Å². The molecule has 16 heavy (non-hydrogen) atoms. The van der Waals surface area contributed by atoms with Gasteiger partial charge in [-0.15, -0.1) is 0 Å². The Hall–Kier alpha value is -0.350. The van der Waals surface area contributed by atoms with Gasteiger partial charge >= 0.3 is 0 Å². The number of hydrogen-bond donors (Lipinski definition) is 1. The molecule has 94 valence electrons. The molecule has 1 saturated carbocycles. The van der Waals surface area contributed by atoms with E-state index in [1.165, 1.54) is 32.1 Å². The number of hydrogen-bond acceptors (Lipinski definition) is 2. The fraction of sp³-hybridized carbons (Fsp3) is 0.917. The molecule has 1 N–H and O–H groups in total. The van der Waals surface area contributed by atoms with Crippen molar-refractivity contribution in [2.75, 3.05) is 26.8 Å². The average Bonchev–Trinajstić information content (AvgIpc) is 2.30. The number of nitrogens with zero attached hydrogens (tertiary/aromatic N) is 1. The van der Waals surface area contributed by atoms with Gasteiger partial charge in [-0.2, -0.15) is 0 Å². The zero-order valence-electron chi connectivity index (χ0n) is 10.5. The summed E-state index contributed by atoms with van der Waals surface area (Å²) in [6.07, 6.45) is 6.58. The Morgan fingerprint density at radius 1 is 1.38 bits per heavy atom. The maximum atomic E-state index is 5.37. The summed E-state index contributed by atoms with van der Waals surface area (Å²) >= 11 is 5.37. The van der Waals surface area contributed by atoms with E-state index in [1.807, 2.05) is 14.0 Å². The topological polar surface area (TPSA) is 24.5 Å². The standard InChI is InChI=1S/C12H24N2OS/c1-3-15-10-9-14(2)12(16)13-11-7-5-4-6-8-11/h11H,3-10H2,1-2H3,(H,13,16). The molecule has 0 saturated heterocycles. The van der Waals surface area contributed by atoms with Crippen LogP contribution in [0.3, 0.4) is 0 Å². The largest absolute Gasteiger partial charge is 0.380 e. The van der Waals surface area contributed by atoms with Crippen molar-refractivity contribution in [2.24, 2.45) is 0 Å². The van der Waals surface area contributed by atoms with E-state index >= 15 is 0 Å². The summed E-state index contributed by atoms with van der Waals surface area (Å²) in [5, 5.41) is 4.31. The van der Waals surface area contributed by atoms with E-state index in [0.29, 0.717) is 6.04 Å². The molecule has 0 aromatic heterocycles. The van der Waals surface area contributed by atoms with E-state index in [0.717, 1.165) is 24.9 Å². The molecule has 0 atom stereocenters. The molecule has 0 unspecified atom stereocenters. The van der Waals surface area contributed by atoms with Crippen molar-refractivity contribution in [3.8, 4) is 0 Å². The number of ether oxygens (including phenoxy) is 1. The molecule has 0 spiro atoms. The lowest BCUT2D eigenvalue weighted by Gasteiger charge is -2.28. The Morgan fingerprint density at radius 3 is 2.69 bits per heavy atom. The molecule has 0 aromatic rings. The highest BCUT2D eigenvalue weighted by Gasteiger charge is 2.15. The Morgan fingerprint density at radius 2 is 2.06 bits per heavy atom. The van der Waals surface area contributed by atoms with Crippen LogP contribution in [0.15, 0.2) is 0 Å². The second kappa shape index (κ2) is 7.85. The molecule has 4 heteroatoms. The molecule has 1 rings (SSSR count). The van der Waals surface area contributed by atoms with Gasteiger partial charge in [-0.25, -0.2) is 0 Å². The summed E-state index contributed by atoms with van der Waals surface area (Å²) < 4.78 is 5.32. The number of nitrogens with one attached hydrogen (secondary N) is 1. The van der Waals surface area contributed by atoms with Crippen molar-refractivity contribution < 1.29 is 4.74 Å². The van der Waals surface area contributed by atoms with Crippen LogP contribution in [-0.4, -0.2) is 42.9 Å². The predicted molar refractivity (Wildman–Crippen MR) is 71.7 cm³/mol. The molecule has 0 radical (unpaired) electrons. The quantitative estimate of drug-likeness (QED) is 0.592. The van der Waals surface area contributed by atoms with Gasteiger partial charge in [0.15, 0.2) is 5.11 Å². The van der Waals surface area contributed by atoms with Crippen LogP contribution in [0, 0.1) is 0 Å². The molecule has 0 aliphatic heterocycles. The maximum absolute atomic E-state index is 5.37. The van der Waals surface area contributed by atoms with Gasteiger partial charge in [0.05, 0.1) is 6.61 Å². The Balaban J connectivity index is 2.16. The molecule has 0 heterocycles. The van der Waals surface area contributed by atoms with E-state index in [-0.39, 0.29) is 0 Å². The summed E-state index contributed by atoms with van der Waals surface area (Å²) in [7, 11) is 2.02. The summed E-state index contributed by atoms with van der Waals surface area (Å²) in [4.78, 5) is 2.07. The van der Waals surface area contributed by atoms with Crippen LogP contribution in [-0.2, 0) is 4.74 Å². The summed E-state index contributed by atoms with van der Waals surface area (Å²) in [5.41, 5.74) is 0. The summed E-state index contributed by atoms with van der Waals surface area (Å²) in [6.45, 7) is 4.40. The van der Waals surface area contributed by atoms with Crippen molar-refractivity contribution in [3.63, 3.8) is 0 Å². The van der Waals surface area contributed by atoms with Crippen LogP contribution < -0.4 is 5.32 Å². The molecule has 1 aliphatic rings. The summed E-state index contributed by atoms with van der Waals surface area (Å²) in [5.74, 6) is 0. The summed E-state index contributed by atoms with van der Waals surface area (Å²) in [6, 6.07) is 0.593. The minimum Gasteiger partial charge on any atom is -0.380 e. The molecular formula is C12H24N2OS. The lowest BCUT2D eigenvalue weighted by molar-refractivity contribution is 0.136. The van der Waals surface area contributed by atoms with Gasteiger partial charge < -0.3 is 15.0 Å². The average molecular weight is 244 g/mol. The smallest absolute Gasteiger partial charge is 0.168 e. The van der Waals surface area contributed by atoms with Gasteiger partial charge in [-0.1, -0.05) is 19.3 Å². The lowest BCUT2D eigenvalue weighted by atomic mass is 9.96. The molecule has 0 bridgehead atoms. The monoisotopic (exact) mass is 244 g/mol. The zero-order chi connectivity index (χ0) is 11.8. The van der Waals surface area contributed by atoms with Crippen LogP contribution >= 0.6 is 12.2 Å². The van der Waals surface area contributed by atoms with Crippen molar-refractivity contribution in [3.05, 3.63) is 0 Å². The minimum atomic E-state index is 0.593. The first-order chi connectivity index (χ1) is 7.74. The molecule has 1 fully saturated rings. The number of rotatable bonds is 5. The van der Waals surface area contributed by atoms with Crippen molar-refractivity contribution in [2.45, 2.75) is 45.1 Å². The first-order valence-corrected chi connectivity index (χ1v) is 6.74. The Bertz CT molecular complexity index is 205. The molecule has 1 aliphatic carbocycles. The van der Waals surface area contributed by atoms with Crippen molar-refractivity contribution in [1.29, 1.82) is 0 Å². The van der Waals surface area contributed by atoms with Gasteiger partial charge in [0.25, 0.3) is 0 Å². The Labute approximate surface area is 105 Å². The second-order valence-electron chi connectivity index (χ2n) is 4.40. The van der Waals surface area contributed by atoms with Gasteiger partial charge in [0.1, 0.15) is 0 Å². The fourth-order valence-electron chi connectivity index (χ4n) is 1.98. The lowest BCUT2D eigenvalue weighted by Crippen LogP contribution is -2.44. The second-order valence-corrected chi connectivity index (χ2v) is 4.79. The van der Waals surface area contributed by atoms with E-state index in [2.05, 4.69) is 10.2 Å². The van der Waals surface area contributed by atoms with E-state index in [9.17, 15) is 0 Å². The molecular weight excluding hydrogens is 220 g/mol. The van der Waals surface area contributed by atoms with Crippen LogP contribution in [0.1, 0.15) is 39.0 Å². The first-order valence-electron chi connectivity index (χ1n) is 6.33. The fourth-order valence-corrected chi connectivity index (χ4v) is 2.24. The van der Waals surface area contributed by atoms with Gasteiger partial charge in [0, 0.05) is 26.2 Å². The Kier molecular flexibility index (Phi) is 6.73. The van der Waals surface area contributed by atoms with Crippen molar-refractivity contribution >= 4 is 17.3 Å². The third-order valence-electron chi connectivity index (χ3n) is 3.05. The van der Waals surface area contributed by atoms with Crippen LogP contribution in [0.2, 0.25) is 0 Å². The first kappa shape index (κ1) is 13.7. The normalized spacial score (nSPS) is 17.1. The van der Waals surface area contributed by atoms with E-state index < -0.39 is 0 Å². The van der Waals surface area contributed by atoms with Gasteiger partial charge in [-0.3, -0.25) is 0 Å². The van der Waals surface area contributed by atoms with Crippen LogP contribution in [0.25, 0.3) is 0 Å². The van der Waals surface area contributed by atoms with Crippen LogP contribution in [0.4, 0.5) is 0 Å². The van der Waals surface area contributed by atoms with Crippen LogP contribution in [0.5, 0.6) is 0 Å². The third kappa shape index (κ3) is 5.12. The molecule has 3 nitrogen and oxygen atoms in total. The van der Waals surface area contributed by atoms with E-state index in [1.54, 1.807) is 0 Å². The SMILES string of the molecule is CCOCCN(C)C(=S)NC1CCCCC1. The molecule has 0 amide bonds. The molecule has 0 aromatic carbocycles. The maximum Gasteiger partial charge on any atom is 0.168 e. The van der Waals surface area contributed by atoms with E-state index in [4.69, 9.17) is 17.0 Å². The highest BCUT2D eigenvalue weighted by Crippen LogP contribution is 2.17. The number of likely N-dealkylation sites (N-methyl/N-ethyl adjacent to an activating group) is 1. The number of thiocarbonyl (C=S) groups is 1. The van der Waals surface area contributed by atoms with Crippen molar-refractivity contribution in [1.82, 2.24) is 10.2 Å². The van der Waals surface area contributed by atoms with Gasteiger partial charge in [0.2, 0.25) is 0 Å². The highest BCUT2D eigenvalue weighted by molar-refractivity contribution is 7.80. The highest BCUT2D eigenvalue weighted by atomic mass is 32.1. The minimum absolute atomic E-state index is 0.593.